The van der Waals surface area contributed by atoms with Gasteiger partial charge in [-0.2, -0.15) is 0 Å². The molecule has 1 rings (SSSR count). The summed E-state index contributed by atoms with van der Waals surface area (Å²) in [5.41, 5.74) is 5.60. The molecule has 7 heteroatoms. The summed E-state index contributed by atoms with van der Waals surface area (Å²) >= 11 is 0. The van der Waals surface area contributed by atoms with E-state index in [9.17, 15) is 20.1 Å². The van der Waals surface area contributed by atoms with E-state index in [1.54, 1.807) is 14.1 Å². The summed E-state index contributed by atoms with van der Waals surface area (Å²) in [6.45, 7) is 0. The number of carbonyl (C=O) groups is 1. The Morgan fingerprint density at radius 1 is 1.28 bits per heavy atom. The number of benzene rings is 1. The van der Waals surface area contributed by atoms with Crippen LogP contribution in [0.5, 0.6) is 17.2 Å². The average molecular weight is 256 g/mol. The van der Waals surface area contributed by atoms with Gasteiger partial charge in [-0.1, -0.05) is 0 Å². The van der Waals surface area contributed by atoms with E-state index in [4.69, 9.17) is 10.8 Å². The van der Waals surface area contributed by atoms with E-state index < -0.39 is 29.6 Å². The molecule has 0 saturated carbocycles. The average Bonchev–Trinajstić information content (AvgIpc) is 2.24. The van der Waals surface area contributed by atoms with Gasteiger partial charge in [0, 0.05) is 11.6 Å². The van der Waals surface area contributed by atoms with Crippen LogP contribution in [0.1, 0.15) is 11.6 Å². The number of carboxylic acid groups (broad SMARTS) is 1. The molecule has 0 spiro atoms. The smallest absolute Gasteiger partial charge is 0.322 e. The second-order valence-corrected chi connectivity index (χ2v) is 4.18. The van der Waals surface area contributed by atoms with Gasteiger partial charge in [-0.25, -0.2) is 0 Å². The number of phenols is 3. The lowest BCUT2D eigenvalue weighted by molar-refractivity contribution is -0.140. The molecule has 0 bridgehead atoms. The summed E-state index contributed by atoms with van der Waals surface area (Å²) in [5, 5.41) is 37.5. The van der Waals surface area contributed by atoms with Crippen molar-refractivity contribution in [2.75, 3.05) is 14.1 Å². The molecule has 0 aliphatic heterocycles. The van der Waals surface area contributed by atoms with Crippen molar-refractivity contribution in [3.05, 3.63) is 17.7 Å². The Hall–Kier alpha value is -1.99. The Labute approximate surface area is 104 Å². The lowest BCUT2D eigenvalue weighted by atomic mass is 9.97. The van der Waals surface area contributed by atoms with Crippen LogP contribution in [0.15, 0.2) is 12.1 Å². The van der Waals surface area contributed by atoms with E-state index in [2.05, 4.69) is 0 Å². The number of hydrogen-bond donors (Lipinski definition) is 5. The zero-order valence-corrected chi connectivity index (χ0v) is 10.0. The van der Waals surface area contributed by atoms with Gasteiger partial charge in [-0.05, 0) is 20.2 Å². The van der Waals surface area contributed by atoms with Gasteiger partial charge in [0.1, 0.15) is 11.8 Å². The van der Waals surface area contributed by atoms with Crippen LogP contribution in [0, 0.1) is 0 Å². The Balaban J connectivity index is 3.34. The van der Waals surface area contributed by atoms with E-state index in [1.165, 1.54) is 11.0 Å². The SMILES string of the molecule is CN(C)C(c1cc(O)cc(O)c1O)C(N)C(=O)O. The summed E-state index contributed by atoms with van der Waals surface area (Å²) in [5.74, 6) is -2.57. The minimum Gasteiger partial charge on any atom is -0.508 e. The summed E-state index contributed by atoms with van der Waals surface area (Å²) in [6.07, 6.45) is 0. The maximum Gasteiger partial charge on any atom is 0.322 e. The first-order valence-corrected chi connectivity index (χ1v) is 5.15. The third-order valence-electron chi connectivity index (χ3n) is 2.60. The lowest BCUT2D eigenvalue weighted by Crippen LogP contribution is -2.43. The topological polar surface area (TPSA) is 127 Å². The highest BCUT2D eigenvalue weighted by molar-refractivity contribution is 5.75. The second-order valence-electron chi connectivity index (χ2n) is 4.18. The predicted octanol–water partition coefficient (Wildman–Crippen LogP) is -0.182. The maximum atomic E-state index is 10.9. The van der Waals surface area contributed by atoms with Crippen molar-refractivity contribution >= 4 is 5.97 Å². The van der Waals surface area contributed by atoms with Gasteiger partial charge >= 0.3 is 5.97 Å². The fraction of sp³-hybridized carbons (Fsp3) is 0.364. The molecule has 7 nitrogen and oxygen atoms in total. The fourth-order valence-corrected chi connectivity index (χ4v) is 1.78. The monoisotopic (exact) mass is 256 g/mol. The van der Waals surface area contributed by atoms with Crippen LogP contribution in [-0.2, 0) is 4.79 Å². The Bertz CT molecular complexity index is 461. The van der Waals surface area contributed by atoms with Gasteiger partial charge in [0.05, 0.1) is 6.04 Å². The van der Waals surface area contributed by atoms with Gasteiger partial charge in [0.15, 0.2) is 11.5 Å². The van der Waals surface area contributed by atoms with E-state index in [0.717, 1.165) is 6.07 Å². The summed E-state index contributed by atoms with van der Waals surface area (Å²) < 4.78 is 0. The van der Waals surface area contributed by atoms with Crippen LogP contribution in [-0.4, -0.2) is 51.4 Å². The Morgan fingerprint density at radius 3 is 2.28 bits per heavy atom. The van der Waals surface area contributed by atoms with Crippen LogP contribution < -0.4 is 5.73 Å². The van der Waals surface area contributed by atoms with Crippen molar-refractivity contribution in [3.63, 3.8) is 0 Å². The molecule has 2 unspecified atom stereocenters. The molecule has 0 heterocycles. The van der Waals surface area contributed by atoms with Crippen molar-refractivity contribution in [2.24, 2.45) is 5.73 Å². The quantitative estimate of drug-likeness (QED) is 0.373. The normalized spacial score (nSPS) is 14.4. The van der Waals surface area contributed by atoms with Crippen molar-refractivity contribution in [3.8, 4) is 17.2 Å². The van der Waals surface area contributed by atoms with Crippen molar-refractivity contribution < 1.29 is 25.2 Å². The third kappa shape index (κ3) is 2.63. The maximum absolute atomic E-state index is 10.9. The van der Waals surface area contributed by atoms with Crippen LogP contribution >= 0.6 is 0 Å². The first-order chi connectivity index (χ1) is 8.25. The van der Waals surface area contributed by atoms with Crippen LogP contribution in [0.4, 0.5) is 0 Å². The van der Waals surface area contributed by atoms with Crippen LogP contribution in [0.2, 0.25) is 0 Å². The molecule has 0 saturated heterocycles. The minimum atomic E-state index is -1.31. The van der Waals surface area contributed by atoms with Gasteiger partial charge in [0.25, 0.3) is 0 Å². The molecule has 0 aliphatic rings. The Morgan fingerprint density at radius 2 is 1.83 bits per heavy atom. The largest absolute Gasteiger partial charge is 0.508 e. The van der Waals surface area contributed by atoms with Gasteiger partial charge in [-0.3, -0.25) is 4.79 Å². The third-order valence-corrected chi connectivity index (χ3v) is 2.60. The number of nitrogens with two attached hydrogens (primary N) is 1. The molecule has 100 valence electrons. The second kappa shape index (κ2) is 5.11. The van der Waals surface area contributed by atoms with Crippen molar-refractivity contribution in [1.82, 2.24) is 4.90 Å². The van der Waals surface area contributed by atoms with Gasteiger partial charge < -0.3 is 31.1 Å². The molecule has 0 aromatic heterocycles. The molecular formula is C11H16N2O5. The number of nitrogens with zero attached hydrogens (tertiary/aromatic N) is 1. The minimum absolute atomic E-state index is 0.0485. The number of carboxylic acids is 1. The zero-order chi connectivity index (χ0) is 14.0. The number of phenolic OH excluding ortho intramolecular Hbond substituents is 3. The lowest BCUT2D eigenvalue weighted by Gasteiger charge is -2.28. The molecule has 6 N–H and O–H groups in total. The molecule has 0 aliphatic carbocycles. The summed E-state index contributed by atoms with van der Waals surface area (Å²) in [4.78, 5) is 12.4. The molecule has 0 amide bonds. The molecule has 1 aromatic rings. The molecule has 0 radical (unpaired) electrons. The van der Waals surface area contributed by atoms with Crippen molar-refractivity contribution in [2.45, 2.75) is 12.1 Å². The molecule has 0 fully saturated rings. The molecular weight excluding hydrogens is 240 g/mol. The number of rotatable bonds is 4. The molecule has 2 atom stereocenters. The number of likely N-dealkylation sites (N-methyl/N-ethyl adjacent to an activating group) is 1. The fourth-order valence-electron chi connectivity index (χ4n) is 1.78. The number of hydrogen-bond acceptors (Lipinski definition) is 6. The molecule has 1 aromatic carbocycles. The van der Waals surface area contributed by atoms with E-state index >= 15 is 0 Å². The van der Waals surface area contributed by atoms with Crippen LogP contribution in [0.3, 0.4) is 0 Å². The zero-order valence-electron chi connectivity index (χ0n) is 10.0. The first-order valence-electron chi connectivity index (χ1n) is 5.15. The highest BCUT2D eigenvalue weighted by atomic mass is 16.4. The number of aliphatic carboxylic acids is 1. The highest BCUT2D eigenvalue weighted by Gasteiger charge is 2.31. The summed E-state index contributed by atoms with van der Waals surface area (Å²) in [7, 11) is 3.15. The van der Waals surface area contributed by atoms with Crippen molar-refractivity contribution in [1.29, 1.82) is 0 Å². The predicted molar refractivity (Wildman–Crippen MR) is 63.5 cm³/mol. The first kappa shape index (κ1) is 14.1. The summed E-state index contributed by atoms with van der Waals surface area (Å²) in [6, 6.07) is -0.0759. The van der Waals surface area contributed by atoms with E-state index in [0.29, 0.717) is 0 Å². The standard InChI is InChI=1S/C11H16N2O5/c1-13(2)9(8(12)11(17)18)6-3-5(14)4-7(15)10(6)16/h3-4,8-9,14-16H,12H2,1-2H3,(H,17,18). The number of aromatic hydroxyl groups is 3. The molecule has 18 heavy (non-hydrogen) atoms. The van der Waals surface area contributed by atoms with E-state index in [1.807, 2.05) is 0 Å². The van der Waals surface area contributed by atoms with Crippen LogP contribution in [0.25, 0.3) is 0 Å². The van der Waals surface area contributed by atoms with Gasteiger partial charge in [0.2, 0.25) is 0 Å². The van der Waals surface area contributed by atoms with E-state index in [-0.39, 0.29) is 11.3 Å². The highest BCUT2D eigenvalue weighted by Crippen LogP contribution is 2.39. The Kier molecular flexibility index (Phi) is 4.00. The van der Waals surface area contributed by atoms with Gasteiger partial charge in [-0.15, -0.1) is 0 Å².